The van der Waals surface area contributed by atoms with E-state index in [1.807, 2.05) is 0 Å². The van der Waals surface area contributed by atoms with Gasteiger partial charge in [0.1, 0.15) is 22.5 Å². The molecule has 0 amide bonds. The van der Waals surface area contributed by atoms with Gasteiger partial charge in [0, 0.05) is 12.3 Å². The second-order valence-electron chi connectivity index (χ2n) is 2.75. The van der Waals surface area contributed by atoms with E-state index < -0.39 is 9.84 Å². The van der Waals surface area contributed by atoms with Crippen LogP contribution in [0.4, 0.5) is 0 Å². The van der Waals surface area contributed by atoms with E-state index in [0.717, 1.165) is 0 Å². The smallest absolute Gasteiger partial charge is 0.150 e. The van der Waals surface area contributed by atoms with Gasteiger partial charge in [-0.15, -0.1) is 0 Å². The summed E-state index contributed by atoms with van der Waals surface area (Å²) in [4.78, 5) is 3.76. The van der Waals surface area contributed by atoms with Crippen molar-refractivity contribution in [3.05, 3.63) is 12.7 Å². The third-order valence-corrected chi connectivity index (χ3v) is 3.54. The van der Waals surface area contributed by atoms with Gasteiger partial charge in [-0.3, -0.25) is 4.68 Å². The molecular formula is C7H13N3O2S. The van der Waals surface area contributed by atoms with E-state index in [1.54, 1.807) is 17.9 Å². The monoisotopic (exact) mass is 203 g/mol. The predicted octanol–water partition coefficient (Wildman–Crippen LogP) is 0.103. The number of hydrogen-bond donors (Lipinski definition) is 0. The number of nitrogens with zero attached hydrogens (tertiary/aromatic N) is 3. The molecule has 74 valence electrons. The Morgan fingerprint density at radius 2 is 2.23 bits per heavy atom. The normalized spacial score (nSPS) is 11.8. The Morgan fingerprint density at radius 1 is 1.46 bits per heavy atom. The van der Waals surface area contributed by atoms with Crippen LogP contribution in [-0.2, 0) is 16.4 Å². The molecule has 0 aliphatic carbocycles. The molecule has 0 N–H and O–H groups in total. The molecule has 0 saturated heterocycles. The fourth-order valence-electron chi connectivity index (χ4n) is 0.939. The van der Waals surface area contributed by atoms with Crippen LogP contribution < -0.4 is 0 Å². The van der Waals surface area contributed by atoms with Gasteiger partial charge in [-0.05, 0) is 6.42 Å². The number of aryl methyl sites for hydroxylation is 1. The first-order valence-electron chi connectivity index (χ1n) is 4.17. The maximum absolute atomic E-state index is 11.1. The molecule has 0 atom stereocenters. The zero-order valence-electron chi connectivity index (χ0n) is 7.55. The SMILES string of the molecule is CCS(=O)(=O)CCCn1cncn1. The summed E-state index contributed by atoms with van der Waals surface area (Å²) in [5, 5.41) is 3.87. The molecule has 0 aliphatic heterocycles. The zero-order chi connectivity index (χ0) is 9.73. The van der Waals surface area contributed by atoms with Crippen LogP contribution in [0.15, 0.2) is 12.7 Å². The van der Waals surface area contributed by atoms with E-state index in [9.17, 15) is 8.42 Å². The number of rotatable bonds is 5. The second kappa shape index (κ2) is 4.36. The predicted molar refractivity (Wildman–Crippen MR) is 49.0 cm³/mol. The van der Waals surface area contributed by atoms with E-state index in [2.05, 4.69) is 10.1 Å². The van der Waals surface area contributed by atoms with Crippen molar-refractivity contribution in [2.75, 3.05) is 11.5 Å². The highest BCUT2D eigenvalue weighted by Gasteiger charge is 2.06. The van der Waals surface area contributed by atoms with Gasteiger partial charge in [-0.2, -0.15) is 5.10 Å². The molecule has 13 heavy (non-hydrogen) atoms. The summed E-state index contributed by atoms with van der Waals surface area (Å²) in [6.07, 6.45) is 3.62. The minimum atomic E-state index is -2.83. The number of aromatic nitrogens is 3. The van der Waals surface area contributed by atoms with E-state index in [1.165, 1.54) is 6.33 Å². The molecule has 1 rings (SSSR count). The van der Waals surface area contributed by atoms with E-state index in [4.69, 9.17) is 0 Å². The van der Waals surface area contributed by atoms with Gasteiger partial charge < -0.3 is 0 Å². The molecule has 6 heteroatoms. The first-order valence-corrected chi connectivity index (χ1v) is 5.99. The lowest BCUT2D eigenvalue weighted by atomic mass is 10.5. The molecule has 0 spiro atoms. The Morgan fingerprint density at radius 3 is 2.77 bits per heavy atom. The molecule has 5 nitrogen and oxygen atoms in total. The number of hydrogen-bond acceptors (Lipinski definition) is 4. The average molecular weight is 203 g/mol. The molecule has 0 aliphatic rings. The highest BCUT2D eigenvalue weighted by molar-refractivity contribution is 7.91. The Kier molecular flexibility index (Phi) is 3.41. The van der Waals surface area contributed by atoms with Crippen molar-refractivity contribution in [1.82, 2.24) is 14.8 Å². The van der Waals surface area contributed by atoms with Gasteiger partial charge in [0.15, 0.2) is 0 Å². The molecule has 0 unspecified atom stereocenters. The summed E-state index contributed by atoms with van der Waals surface area (Å²) in [6.45, 7) is 2.27. The van der Waals surface area contributed by atoms with Crippen LogP contribution in [0.25, 0.3) is 0 Å². The fraction of sp³-hybridized carbons (Fsp3) is 0.714. The second-order valence-corrected chi connectivity index (χ2v) is 5.22. The van der Waals surface area contributed by atoms with Crippen LogP contribution >= 0.6 is 0 Å². The van der Waals surface area contributed by atoms with E-state index in [0.29, 0.717) is 13.0 Å². The van der Waals surface area contributed by atoms with Crippen LogP contribution in [0, 0.1) is 0 Å². The Hall–Kier alpha value is -0.910. The molecule has 0 saturated carbocycles. The van der Waals surface area contributed by atoms with Crippen LogP contribution in [-0.4, -0.2) is 34.7 Å². The minimum Gasteiger partial charge on any atom is -0.253 e. The standard InChI is InChI=1S/C7H13N3O2S/c1-2-13(11,12)5-3-4-10-7-8-6-9-10/h6-7H,2-5H2,1H3. The molecule has 0 fully saturated rings. The van der Waals surface area contributed by atoms with Crippen molar-refractivity contribution in [3.63, 3.8) is 0 Å². The highest BCUT2D eigenvalue weighted by atomic mass is 32.2. The molecule has 0 bridgehead atoms. The summed E-state index contributed by atoms with van der Waals surface area (Å²) in [5.41, 5.74) is 0. The highest BCUT2D eigenvalue weighted by Crippen LogP contribution is 1.95. The molecule has 0 radical (unpaired) electrons. The minimum absolute atomic E-state index is 0.213. The van der Waals surface area contributed by atoms with Crippen LogP contribution in [0.5, 0.6) is 0 Å². The fourth-order valence-corrected chi connectivity index (χ4v) is 1.80. The third-order valence-electron chi connectivity index (χ3n) is 1.75. The molecule has 0 aromatic carbocycles. The van der Waals surface area contributed by atoms with Gasteiger partial charge in [0.05, 0.1) is 5.75 Å². The van der Waals surface area contributed by atoms with Crippen LogP contribution in [0.3, 0.4) is 0 Å². The zero-order valence-corrected chi connectivity index (χ0v) is 8.37. The Labute approximate surface area is 77.7 Å². The van der Waals surface area contributed by atoms with Gasteiger partial charge in [0.2, 0.25) is 0 Å². The van der Waals surface area contributed by atoms with Crippen molar-refractivity contribution in [1.29, 1.82) is 0 Å². The molecule has 1 heterocycles. The summed E-state index contributed by atoms with van der Waals surface area (Å²) < 4.78 is 23.8. The van der Waals surface area contributed by atoms with E-state index in [-0.39, 0.29) is 11.5 Å². The maximum Gasteiger partial charge on any atom is 0.150 e. The Balaban J connectivity index is 2.30. The maximum atomic E-state index is 11.1. The number of sulfone groups is 1. The van der Waals surface area contributed by atoms with Crippen molar-refractivity contribution in [2.24, 2.45) is 0 Å². The largest absolute Gasteiger partial charge is 0.253 e. The van der Waals surface area contributed by atoms with Crippen molar-refractivity contribution >= 4 is 9.84 Å². The lowest BCUT2D eigenvalue weighted by molar-refractivity contribution is 0.573. The van der Waals surface area contributed by atoms with Crippen LogP contribution in [0.2, 0.25) is 0 Å². The summed E-state index contributed by atoms with van der Waals surface area (Å²) in [5.74, 6) is 0.438. The molecule has 1 aromatic rings. The lowest BCUT2D eigenvalue weighted by Crippen LogP contribution is -2.11. The quantitative estimate of drug-likeness (QED) is 0.681. The lowest BCUT2D eigenvalue weighted by Gasteiger charge is -2.00. The van der Waals surface area contributed by atoms with Crippen molar-refractivity contribution < 1.29 is 8.42 Å². The van der Waals surface area contributed by atoms with Gasteiger partial charge in [0.25, 0.3) is 0 Å². The Bertz CT molecular complexity index is 331. The topological polar surface area (TPSA) is 64.8 Å². The average Bonchev–Trinajstić information content (AvgIpc) is 2.57. The summed E-state index contributed by atoms with van der Waals surface area (Å²) in [6, 6.07) is 0. The van der Waals surface area contributed by atoms with Gasteiger partial charge in [-0.1, -0.05) is 6.92 Å². The van der Waals surface area contributed by atoms with Crippen LogP contribution in [0.1, 0.15) is 13.3 Å². The first kappa shape index (κ1) is 10.2. The van der Waals surface area contributed by atoms with Crippen molar-refractivity contribution in [2.45, 2.75) is 19.9 Å². The third kappa shape index (κ3) is 3.54. The summed E-state index contributed by atoms with van der Waals surface area (Å²) >= 11 is 0. The molecular weight excluding hydrogens is 190 g/mol. The van der Waals surface area contributed by atoms with Crippen molar-refractivity contribution in [3.8, 4) is 0 Å². The first-order chi connectivity index (χ1) is 6.14. The summed E-state index contributed by atoms with van der Waals surface area (Å²) in [7, 11) is -2.83. The molecule has 1 aromatic heterocycles. The van der Waals surface area contributed by atoms with E-state index >= 15 is 0 Å². The van der Waals surface area contributed by atoms with Gasteiger partial charge in [-0.25, -0.2) is 13.4 Å². The van der Waals surface area contributed by atoms with Gasteiger partial charge >= 0.3 is 0 Å².